The molecule has 0 amide bonds. The van der Waals surface area contributed by atoms with Crippen LogP contribution in [0.25, 0.3) is 0 Å². The van der Waals surface area contributed by atoms with Gasteiger partial charge in [0.25, 0.3) is 0 Å². The van der Waals surface area contributed by atoms with E-state index in [1.54, 1.807) is 13.0 Å². The van der Waals surface area contributed by atoms with Gasteiger partial charge in [0.1, 0.15) is 35.2 Å². The number of carbonyl (C=O) groups excluding carboxylic acids is 1. The lowest BCUT2D eigenvalue weighted by Crippen LogP contribution is -2.21. The van der Waals surface area contributed by atoms with E-state index in [0.29, 0.717) is 12.1 Å². The van der Waals surface area contributed by atoms with Crippen molar-refractivity contribution in [3.63, 3.8) is 0 Å². The standard InChI is InChI=1S/C15H10F3NO2/c1-8-2-3-10(12(16)4-8)15(20)21-9-5-13(17)11(7-19)14(18)6-9/h2-3,5-6,12H,4H2,1H3. The van der Waals surface area contributed by atoms with Crippen LogP contribution in [0.1, 0.15) is 18.9 Å². The largest absolute Gasteiger partial charge is 0.423 e. The number of carbonyl (C=O) groups is 1. The van der Waals surface area contributed by atoms with E-state index >= 15 is 0 Å². The molecule has 0 saturated carbocycles. The maximum atomic E-state index is 13.7. The Morgan fingerprint density at radius 3 is 2.48 bits per heavy atom. The number of nitrogens with zero attached hydrogens (tertiary/aromatic N) is 1. The molecule has 108 valence electrons. The van der Waals surface area contributed by atoms with Gasteiger partial charge in [0.05, 0.1) is 5.57 Å². The van der Waals surface area contributed by atoms with Crippen LogP contribution >= 0.6 is 0 Å². The van der Waals surface area contributed by atoms with Crippen molar-refractivity contribution in [1.82, 2.24) is 0 Å². The van der Waals surface area contributed by atoms with Gasteiger partial charge in [-0.25, -0.2) is 18.0 Å². The molecule has 0 heterocycles. The summed E-state index contributed by atoms with van der Waals surface area (Å²) in [7, 11) is 0. The second kappa shape index (κ2) is 5.83. The van der Waals surface area contributed by atoms with E-state index < -0.39 is 35.1 Å². The fourth-order valence-corrected chi connectivity index (χ4v) is 1.87. The third-order valence-electron chi connectivity index (χ3n) is 2.96. The number of nitriles is 1. The number of alkyl halides is 1. The molecule has 21 heavy (non-hydrogen) atoms. The number of esters is 1. The molecular formula is C15H10F3NO2. The van der Waals surface area contributed by atoms with Crippen LogP contribution in [0.4, 0.5) is 13.2 Å². The van der Waals surface area contributed by atoms with Crippen LogP contribution in [0.5, 0.6) is 5.75 Å². The van der Waals surface area contributed by atoms with E-state index in [1.807, 2.05) is 0 Å². The van der Waals surface area contributed by atoms with Crippen molar-refractivity contribution in [2.24, 2.45) is 0 Å². The van der Waals surface area contributed by atoms with Crippen LogP contribution in [0.2, 0.25) is 0 Å². The fourth-order valence-electron chi connectivity index (χ4n) is 1.87. The normalized spacial score (nSPS) is 17.6. The lowest BCUT2D eigenvalue weighted by Gasteiger charge is -2.16. The van der Waals surface area contributed by atoms with Gasteiger partial charge in [0.2, 0.25) is 0 Å². The summed E-state index contributed by atoms with van der Waals surface area (Å²) in [5, 5.41) is 8.53. The molecule has 1 atom stereocenters. The zero-order valence-corrected chi connectivity index (χ0v) is 11.0. The number of hydrogen-bond acceptors (Lipinski definition) is 3. The molecule has 1 aliphatic rings. The summed E-state index contributed by atoms with van der Waals surface area (Å²) in [4.78, 5) is 11.8. The fraction of sp³-hybridized carbons (Fsp3) is 0.200. The Hall–Kier alpha value is -2.55. The molecule has 0 N–H and O–H groups in total. The first kappa shape index (κ1) is 14.9. The highest BCUT2D eigenvalue weighted by molar-refractivity contribution is 5.92. The van der Waals surface area contributed by atoms with Gasteiger partial charge in [-0.05, 0) is 13.0 Å². The summed E-state index contributed by atoms with van der Waals surface area (Å²) in [6.45, 7) is 1.72. The Morgan fingerprint density at radius 1 is 1.33 bits per heavy atom. The van der Waals surface area contributed by atoms with Crippen molar-refractivity contribution in [3.05, 3.63) is 52.6 Å². The molecule has 0 radical (unpaired) electrons. The van der Waals surface area contributed by atoms with E-state index in [-0.39, 0.29) is 12.0 Å². The van der Waals surface area contributed by atoms with Crippen LogP contribution in [0, 0.1) is 23.0 Å². The molecule has 0 saturated heterocycles. The van der Waals surface area contributed by atoms with Gasteiger partial charge in [-0.2, -0.15) is 5.26 Å². The van der Waals surface area contributed by atoms with E-state index in [1.165, 1.54) is 12.1 Å². The summed E-state index contributed by atoms with van der Waals surface area (Å²) in [5.74, 6) is -3.74. The number of benzene rings is 1. The van der Waals surface area contributed by atoms with Crippen LogP contribution in [-0.2, 0) is 4.79 Å². The lowest BCUT2D eigenvalue weighted by atomic mass is 9.98. The number of ether oxygens (including phenoxy) is 1. The minimum absolute atomic E-state index is 0.0665. The molecule has 1 aliphatic carbocycles. The Balaban J connectivity index is 2.23. The van der Waals surface area contributed by atoms with Crippen molar-refractivity contribution in [3.8, 4) is 11.8 Å². The highest BCUT2D eigenvalue weighted by Gasteiger charge is 2.25. The number of rotatable bonds is 2. The third kappa shape index (κ3) is 3.14. The molecule has 1 aromatic carbocycles. The van der Waals surface area contributed by atoms with E-state index in [2.05, 4.69) is 0 Å². The number of allylic oxidation sites excluding steroid dienone is 3. The second-order valence-electron chi connectivity index (χ2n) is 4.57. The van der Waals surface area contributed by atoms with Gasteiger partial charge in [0.15, 0.2) is 0 Å². The zero-order valence-electron chi connectivity index (χ0n) is 11.0. The first-order valence-electron chi connectivity index (χ1n) is 6.05. The van der Waals surface area contributed by atoms with Crippen LogP contribution < -0.4 is 4.74 Å². The van der Waals surface area contributed by atoms with E-state index in [9.17, 15) is 18.0 Å². The Labute approximate surface area is 118 Å². The minimum Gasteiger partial charge on any atom is -0.423 e. The van der Waals surface area contributed by atoms with Crippen LogP contribution in [-0.4, -0.2) is 12.1 Å². The molecule has 6 heteroatoms. The number of halogens is 3. The second-order valence-corrected chi connectivity index (χ2v) is 4.57. The zero-order chi connectivity index (χ0) is 15.6. The monoisotopic (exact) mass is 293 g/mol. The molecule has 3 nitrogen and oxygen atoms in total. The third-order valence-corrected chi connectivity index (χ3v) is 2.96. The van der Waals surface area contributed by atoms with Crippen molar-refractivity contribution in [1.29, 1.82) is 5.26 Å². The predicted octanol–water partition coefficient (Wildman–Crippen LogP) is 3.36. The lowest BCUT2D eigenvalue weighted by molar-refractivity contribution is -0.130. The Kier molecular flexibility index (Phi) is 4.13. The molecular weight excluding hydrogens is 283 g/mol. The highest BCUT2D eigenvalue weighted by Crippen LogP contribution is 2.25. The Bertz CT molecular complexity index is 678. The summed E-state index contributed by atoms with van der Waals surface area (Å²) in [6, 6.07) is 2.76. The molecule has 0 aliphatic heterocycles. The van der Waals surface area contributed by atoms with Gasteiger partial charge < -0.3 is 4.74 Å². The summed E-state index contributed by atoms with van der Waals surface area (Å²) < 4.78 is 45.2. The number of hydrogen-bond donors (Lipinski definition) is 0. The molecule has 1 aromatic rings. The minimum atomic E-state index is -1.52. The maximum absolute atomic E-state index is 13.7. The molecule has 0 aromatic heterocycles. The van der Waals surface area contributed by atoms with Crippen molar-refractivity contribution in [2.45, 2.75) is 19.5 Å². The van der Waals surface area contributed by atoms with Gasteiger partial charge in [0, 0.05) is 18.6 Å². The quantitative estimate of drug-likeness (QED) is 0.620. The molecule has 0 bridgehead atoms. The average molecular weight is 293 g/mol. The predicted molar refractivity (Wildman–Crippen MR) is 68.1 cm³/mol. The van der Waals surface area contributed by atoms with Gasteiger partial charge in [-0.1, -0.05) is 11.6 Å². The highest BCUT2D eigenvalue weighted by atomic mass is 19.1. The first-order chi connectivity index (χ1) is 9.92. The summed E-state index contributed by atoms with van der Waals surface area (Å²) >= 11 is 0. The van der Waals surface area contributed by atoms with Crippen LogP contribution in [0.3, 0.4) is 0 Å². The summed E-state index contributed by atoms with van der Waals surface area (Å²) in [6.07, 6.45) is 1.40. The Morgan fingerprint density at radius 2 is 1.95 bits per heavy atom. The van der Waals surface area contributed by atoms with Gasteiger partial charge in [-0.3, -0.25) is 0 Å². The molecule has 0 fully saturated rings. The topological polar surface area (TPSA) is 50.1 Å². The van der Waals surface area contributed by atoms with Crippen LogP contribution in [0.15, 0.2) is 35.4 Å². The first-order valence-corrected chi connectivity index (χ1v) is 6.05. The molecule has 1 unspecified atom stereocenters. The molecule has 2 rings (SSSR count). The van der Waals surface area contributed by atoms with Crippen molar-refractivity contribution in [2.75, 3.05) is 0 Å². The van der Waals surface area contributed by atoms with Gasteiger partial charge >= 0.3 is 5.97 Å². The van der Waals surface area contributed by atoms with Gasteiger partial charge in [-0.15, -0.1) is 0 Å². The molecule has 0 spiro atoms. The SMILES string of the molecule is CC1=CC=C(C(=O)Oc2cc(F)c(C#N)c(F)c2)C(F)C1. The van der Waals surface area contributed by atoms with E-state index in [0.717, 1.165) is 5.57 Å². The van der Waals surface area contributed by atoms with Crippen molar-refractivity contribution >= 4 is 5.97 Å². The summed E-state index contributed by atoms with van der Waals surface area (Å²) in [5.41, 5.74) is -0.214. The van der Waals surface area contributed by atoms with E-state index in [4.69, 9.17) is 10.00 Å². The average Bonchev–Trinajstić information content (AvgIpc) is 2.37. The smallest absolute Gasteiger partial charge is 0.342 e. The maximum Gasteiger partial charge on any atom is 0.342 e. The van der Waals surface area contributed by atoms with Crippen molar-refractivity contribution < 1.29 is 22.7 Å².